The summed E-state index contributed by atoms with van der Waals surface area (Å²) in [5, 5.41) is 37.0. The Labute approximate surface area is 524 Å². The molecule has 15 atom stereocenters. The van der Waals surface area contributed by atoms with E-state index in [1.165, 1.54) is 13.3 Å². The number of aliphatic imine (C=N–C) groups is 3. The number of nitrogens with two attached hydrogens (primary N) is 3. The van der Waals surface area contributed by atoms with Gasteiger partial charge in [0.25, 0.3) is 0 Å². The number of allylic oxidation sites excluding steroid dienone is 6. The number of hydrogen-bond donors (Lipinski definition) is 11. The van der Waals surface area contributed by atoms with Crippen LogP contribution in [0.25, 0.3) is 11.0 Å². The summed E-state index contributed by atoms with van der Waals surface area (Å²) in [6.07, 6.45) is -0.931. The lowest BCUT2D eigenvalue weighted by Gasteiger charge is -2.48. The number of hydrogen-bond acceptors (Lipinski definition) is 18. The van der Waals surface area contributed by atoms with Crippen LogP contribution in [0, 0.1) is 59.2 Å². The standard InChI is InChI=1S/C62H90N13O14P/c1-32-20-42-43(21-33(32)2)75(28-70-42)57-52(84)53(44(26-76)87-57)89-90(85,86)88-34(3)24-69-49(83)16-18-59(8)40(25-67-30-78)56-62(11)61(10,27-68-31-79)39(17-19-66-29-77)51(74-62)36(5)55-60(9,23-48(65)82)37(12-14-46(63)80)41(71-55)22-45-58(6,7)38(13-15-47(64)81)50(72-45)35(4)54(59)73-56/h20-22,28-31,34,37-40,44,52-53,56-57,71,76,84H,12-19,23-27H2,1-11H3,(H2,63,80)(H2,64,81)(H2,65,82)(H,66,77)(H,67,78)(H,68,79)(H,69,83)(H,85,86)/b41-22?,50-35-,55-36-/t34-,37-,38-,39-,40+,44-,52-,53-,56-,57+,59-,60+,61+,62+/m1/s1. The Morgan fingerprint density at radius 2 is 1.52 bits per heavy atom. The highest BCUT2D eigenvalue weighted by Crippen LogP contribution is 2.61. The van der Waals surface area contributed by atoms with E-state index in [1.807, 2.05) is 87.4 Å². The molecule has 492 valence electrons. The molecule has 0 spiro atoms. The number of nitrogens with zero attached hydrogens (tertiary/aromatic N) is 5. The molecule has 2 fully saturated rings. The van der Waals surface area contributed by atoms with Crippen molar-refractivity contribution in [3.63, 3.8) is 0 Å². The maximum Gasteiger partial charge on any atom is 0.472 e. The zero-order chi connectivity index (χ0) is 66.2. The molecule has 7 heterocycles. The highest BCUT2D eigenvalue weighted by atomic mass is 31.2. The summed E-state index contributed by atoms with van der Waals surface area (Å²) < 4.78 is 32.3. The number of fused-ring (bicyclic) bond motifs is 7. The predicted molar refractivity (Wildman–Crippen MR) is 334 cm³/mol. The normalized spacial score (nSPS) is 33.5. The number of carbonyl (C=O) groups is 7. The van der Waals surface area contributed by atoms with Crippen LogP contribution in [0.1, 0.15) is 131 Å². The molecule has 8 rings (SSSR count). The number of amides is 7. The van der Waals surface area contributed by atoms with Crippen LogP contribution in [0.15, 0.2) is 67.8 Å². The van der Waals surface area contributed by atoms with Gasteiger partial charge in [-0.15, -0.1) is 0 Å². The molecule has 2 saturated heterocycles. The third kappa shape index (κ3) is 13.0. The number of aliphatic hydroxyl groups excluding tert-OH is 2. The van der Waals surface area contributed by atoms with Crippen LogP contribution in [-0.2, 0) is 51.9 Å². The zero-order valence-electron chi connectivity index (χ0n) is 53.3. The van der Waals surface area contributed by atoms with Crippen molar-refractivity contribution in [1.29, 1.82) is 0 Å². The highest BCUT2D eigenvalue weighted by Gasteiger charge is 2.66. The first-order chi connectivity index (χ1) is 42.3. The minimum Gasteiger partial charge on any atom is -0.394 e. The van der Waals surface area contributed by atoms with Crippen molar-refractivity contribution in [1.82, 2.24) is 36.1 Å². The van der Waals surface area contributed by atoms with E-state index >= 15 is 0 Å². The lowest BCUT2D eigenvalue weighted by Crippen LogP contribution is -2.59. The molecule has 0 aliphatic carbocycles. The number of ether oxygens (including phenoxy) is 1. The Morgan fingerprint density at radius 3 is 2.16 bits per heavy atom. The lowest BCUT2D eigenvalue weighted by molar-refractivity contribution is -0.122. The van der Waals surface area contributed by atoms with Crippen LogP contribution >= 0.6 is 7.82 Å². The first-order valence-corrected chi connectivity index (χ1v) is 32.2. The summed E-state index contributed by atoms with van der Waals surface area (Å²) in [6, 6.07) is 2.91. The molecule has 28 heteroatoms. The second kappa shape index (κ2) is 26.7. The molecule has 8 bridgehead atoms. The summed E-state index contributed by atoms with van der Waals surface area (Å²) >= 11 is 0. The summed E-state index contributed by atoms with van der Waals surface area (Å²) in [4.78, 5) is 123. The van der Waals surface area contributed by atoms with Gasteiger partial charge in [-0.3, -0.25) is 57.6 Å². The minimum atomic E-state index is -5.04. The Hall–Kier alpha value is -7.00. The van der Waals surface area contributed by atoms with E-state index in [0.717, 1.165) is 11.1 Å². The largest absolute Gasteiger partial charge is 0.472 e. The summed E-state index contributed by atoms with van der Waals surface area (Å²) in [7, 11) is -5.04. The van der Waals surface area contributed by atoms with E-state index in [4.69, 9.17) is 46.0 Å². The molecular weight excluding hydrogens is 1180 g/mol. The molecule has 27 nitrogen and oxygen atoms in total. The highest BCUT2D eigenvalue weighted by molar-refractivity contribution is 7.47. The van der Waals surface area contributed by atoms with Crippen molar-refractivity contribution < 1.29 is 67.0 Å². The summed E-state index contributed by atoms with van der Waals surface area (Å²) in [6.45, 7) is 20.2. The first-order valence-electron chi connectivity index (χ1n) is 30.7. The van der Waals surface area contributed by atoms with Gasteiger partial charge in [0.1, 0.15) is 18.3 Å². The average molecular weight is 1270 g/mol. The smallest absolute Gasteiger partial charge is 0.394 e. The first kappa shape index (κ1) is 68.9. The topological polar surface area (TPSA) is 418 Å². The van der Waals surface area contributed by atoms with Gasteiger partial charge >= 0.3 is 7.82 Å². The number of aliphatic hydroxyl groups is 2. The van der Waals surface area contributed by atoms with Gasteiger partial charge in [-0.1, -0.05) is 34.6 Å². The fraction of sp³-hybridized carbons (Fsp3) is 0.629. The van der Waals surface area contributed by atoms with Crippen LogP contribution in [0.5, 0.6) is 0 Å². The number of benzene rings is 1. The fourth-order valence-corrected chi connectivity index (χ4v) is 16.4. The molecule has 90 heavy (non-hydrogen) atoms. The van der Waals surface area contributed by atoms with E-state index in [9.17, 15) is 53.2 Å². The van der Waals surface area contributed by atoms with Crippen LogP contribution in [0.2, 0.25) is 0 Å². The molecule has 14 N–H and O–H groups in total. The summed E-state index contributed by atoms with van der Waals surface area (Å²) in [5.41, 5.74) is 20.5. The maximum absolute atomic E-state index is 14.4. The van der Waals surface area contributed by atoms with Gasteiger partial charge in [0.15, 0.2) is 6.23 Å². The fourth-order valence-electron chi connectivity index (χ4n) is 15.3. The van der Waals surface area contributed by atoms with Gasteiger partial charge in [-0.25, -0.2) is 9.55 Å². The van der Waals surface area contributed by atoms with Crippen molar-refractivity contribution in [2.24, 2.45) is 77.5 Å². The van der Waals surface area contributed by atoms with Gasteiger partial charge in [-0.2, -0.15) is 0 Å². The second-order valence-corrected chi connectivity index (χ2v) is 28.0. The van der Waals surface area contributed by atoms with Crippen molar-refractivity contribution in [3.05, 3.63) is 63.9 Å². The Bertz CT molecular complexity index is 3430. The summed E-state index contributed by atoms with van der Waals surface area (Å²) in [5.74, 6) is -4.40. The third-order valence-corrected chi connectivity index (χ3v) is 21.7. The van der Waals surface area contributed by atoms with Crippen molar-refractivity contribution in [3.8, 4) is 0 Å². The molecule has 7 amide bonds. The van der Waals surface area contributed by atoms with Crippen molar-refractivity contribution in [2.75, 3.05) is 32.8 Å². The van der Waals surface area contributed by atoms with E-state index in [1.54, 1.807) is 4.57 Å². The molecule has 0 saturated carbocycles. The molecular formula is C62H90N13O14P. The second-order valence-electron chi connectivity index (χ2n) is 26.6. The number of nitrogens with one attached hydrogen (secondary N) is 5. The van der Waals surface area contributed by atoms with E-state index in [2.05, 4.69) is 31.6 Å². The van der Waals surface area contributed by atoms with Gasteiger partial charge in [0.2, 0.25) is 42.9 Å². The molecule has 6 aliphatic rings. The number of phosphoric ester groups is 1. The van der Waals surface area contributed by atoms with E-state index < -0.39 is 126 Å². The number of imidazole rings is 1. The van der Waals surface area contributed by atoms with Crippen LogP contribution in [0.3, 0.4) is 0 Å². The number of aromatic nitrogens is 2. The van der Waals surface area contributed by atoms with Crippen LogP contribution in [0.4, 0.5) is 0 Å². The van der Waals surface area contributed by atoms with E-state index in [-0.39, 0.29) is 71.1 Å². The SMILES string of the molecule is C/C1=C2/N=C(C=C3N/C(=C(/C)C4=N[C@@](C)([C@@H]5N=C1[C@](C)(CCC(=O)NC[C@@H](C)OP(=O)(O)O[C@H]1[C@@H](O)[C@@H](n6cnc7cc(C)c(C)cc76)O[C@@H]1CO)[C@H]5CNC=O)[C@@](C)(CNC=O)[C@@H]4CCNC=O)[C@@](C)(CC(N)=O)[C@@H]3CCC(N)=O)C(C)(C)[C@@H]2CCC(N)=O. The number of aryl methyl sites for hydroxylation is 2. The number of carbonyl (C=O) groups excluding carboxylic acids is 7. The van der Waals surface area contributed by atoms with E-state index in [0.29, 0.717) is 82.1 Å². The quantitative estimate of drug-likeness (QED) is 0.0317. The predicted octanol–water partition coefficient (Wildman–Crippen LogP) is 2.78. The Balaban J connectivity index is 1.19. The Morgan fingerprint density at radius 1 is 0.867 bits per heavy atom. The van der Waals surface area contributed by atoms with Crippen LogP contribution in [-0.4, -0.2) is 153 Å². The molecule has 1 unspecified atom stereocenters. The van der Waals surface area contributed by atoms with Crippen molar-refractivity contribution in [2.45, 2.75) is 170 Å². The molecule has 0 radical (unpaired) electrons. The third-order valence-electron chi connectivity index (χ3n) is 20.6. The Kier molecular flexibility index (Phi) is 20.4. The number of primary amides is 3. The van der Waals surface area contributed by atoms with Crippen LogP contribution < -0.4 is 43.8 Å². The maximum atomic E-state index is 14.4. The van der Waals surface area contributed by atoms with Gasteiger partial charge in [0.05, 0.1) is 41.7 Å². The lowest BCUT2D eigenvalue weighted by atomic mass is 9.57. The van der Waals surface area contributed by atoms with Crippen molar-refractivity contribution >= 4 is 78.9 Å². The monoisotopic (exact) mass is 1270 g/mol. The number of phosphoric acid groups is 1. The molecule has 6 aliphatic heterocycles. The average Bonchev–Trinajstić information content (AvgIpc) is 1.53. The van der Waals surface area contributed by atoms with Gasteiger partial charge < -0.3 is 68.2 Å². The molecule has 1 aromatic heterocycles. The number of rotatable bonds is 29. The molecule has 2 aromatic rings. The van der Waals surface area contributed by atoms with Gasteiger partial charge in [-0.05, 0) is 108 Å². The van der Waals surface area contributed by atoms with Gasteiger partial charge in [0, 0.05) is 131 Å². The minimum absolute atomic E-state index is 0.00697. The zero-order valence-corrected chi connectivity index (χ0v) is 54.1. The molecule has 1 aromatic carbocycles.